The van der Waals surface area contributed by atoms with Crippen LogP contribution in [0.1, 0.15) is 5.82 Å². The van der Waals surface area contributed by atoms with Crippen LogP contribution >= 0.6 is 11.3 Å². The predicted octanol–water partition coefficient (Wildman–Crippen LogP) is 0.958. The van der Waals surface area contributed by atoms with E-state index in [9.17, 15) is 0 Å². The van der Waals surface area contributed by atoms with E-state index in [0.717, 1.165) is 18.7 Å². The van der Waals surface area contributed by atoms with Crippen LogP contribution in [0.4, 0.5) is 0 Å². The Hall–Kier alpha value is -1.28. The standard InChI is InChI=1S/C12H16N4O2S/c13-5-10-6-16(2-3-17-10)7-11-14-12(18-15-11)9-1-4-19-8-9/h1,4,8,10H,2-3,5-7,13H2. The van der Waals surface area contributed by atoms with Crippen LogP contribution in [0.3, 0.4) is 0 Å². The average Bonchev–Trinajstić information content (AvgIpc) is 3.09. The van der Waals surface area contributed by atoms with Crippen molar-refractivity contribution in [2.75, 3.05) is 26.2 Å². The second kappa shape index (κ2) is 5.79. The molecule has 3 heterocycles. The maximum Gasteiger partial charge on any atom is 0.258 e. The molecule has 0 saturated carbocycles. The van der Waals surface area contributed by atoms with Crippen molar-refractivity contribution in [2.24, 2.45) is 5.73 Å². The lowest BCUT2D eigenvalue weighted by Crippen LogP contribution is -2.45. The Morgan fingerprint density at radius 3 is 3.26 bits per heavy atom. The third kappa shape index (κ3) is 3.01. The zero-order valence-corrected chi connectivity index (χ0v) is 11.3. The van der Waals surface area contributed by atoms with Gasteiger partial charge < -0.3 is 15.0 Å². The molecule has 2 N–H and O–H groups in total. The van der Waals surface area contributed by atoms with E-state index in [1.54, 1.807) is 11.3 Å². The molecule has 1 aliphatic rings. The van der Waals surface area contributed by atoms with Crippen molar-refractivity contribution in [3.8, 4) is 11.5 Å². The maximum atomic E-state index is 5.63. The van der Waals surface area contributed by atoms with Crippen molar-refractivity contribution in [2.45, 2.75) is 12.6 Å². The lowest BCUT2D eigenvalue weighted by Gasteiger charge is -2.31. The summed E-state index contributed by atoms with van der Waals surface area (Å²) in [6, 6.07) is 1.97. The van der Waals surface area contributed by atoms with Gasteiger partial charge in [0.25, 0.3) is 5.89 Å². The van der Waals surface area contributed by atoms with Gasteiger partial charge in [0.2, 0.25) is 0 Å². The summed E-state index contributed by atoms with van der Waals surface area (Å²) in [6.07, 6.45) is 0.108. The molecule has 6 nitrogen and oxygen atoms in total. The minimum absolute atomic E-state index is 0.108. The first-order chi connectivity index (χ1) is 9.35. The molecular formula is C12H16N4O2S. The van der Waals surface area contributed by atoms with E-state index in [1.807, 2.05) is 16.8 Å². The number of nitrogens with zero attached hydrogens (tertiary/aromatic N) is 3. The molecule has 0 aliphatic carbocycles. The Balaban J connectivity index is 1.64. The minimum Gasteiger partial charge on any atom is -0.374 e. The van der Waals surface area contributed by atoms with Gasteiger partial charge in [0.05, 0.1) is 24.8 Å². The van der Waals surface area contributed by atoms with E-state index in [0.29, 0.717) is 31.4 Å². The largest absolute Gasteiger partial charge is 0.374 e. The van der Waals surface area contributed by atoms with Gasteiger partial charge in [-0.2, -0.15) is 16.3 Å². The highest BCUT2D eigenvalue weighted by atomic mass is 32.1. The fourth-order valence-corrected chi connectivity index (χ4v) is 2.72. The normalized spacial score (nSPS) is 20.8. The van der Waals surface area contributed by atoms with Crippen LogP contribution in [0.15, 0.2) is 21.3 Å². The van der Waals surface area contributed by atoms with Crippen LogP contribution < -0.4 is 5.73 Å². The average molecular weight is 280 g/mol. The number of rotatable bonds is 4. The lowest BCUT2D eigenvalue weighted by molar-refractivity contribution is -0.0269. The zero-order chi connectivity index (χ0) is 13.1. The van der Waals surface area contributed by atoms with Crippen LogP contribution in [0.2, 0.25) is 0 Å². The van der Waals surface area contributed by atoms with E-state index < -0.39 is 0 Å². The van der Waals surface area contributed by atoms with Crippen molar-refractivity contribution in [1.82, 2.24) is 15.0 Å². The number of aromatic nitrogens is 2. The first-order valence-electron chi connectivity index (χ1n) is 6.24. The number of hydrogen-bond acceptors (Lipinski definition) is 7. The minimum atomic E-state index is 0.108. The molecular weight excluding hydrogens is 264 g/mol. The summed E-state index contributed by atoms with van der Waals surface area (Å²) in [7, 11) is 0. The molecule has 2 aromatic heterocycles. The monoisotopic (exact) mass is 280 g/mol. The molecule has 1 unspecified atom stereocenters. The van der Waals surface area contributed by atoms with Crippen molar-refractivity contribution in [3.63, 3.8) is 0 Å². The molecule has 1 saturated heterocycles. The van der Waals surface area contributed by atoms with Crippen LogP contribution in [0, 0.1) is 0 Å². The first-order valence-corrected chi connectivity index (χ1v) is 7.18. The third-order valence-electron chi connectivity index (χ3n) is 3.09. The summed E-state index contributed by atoms with van der Waals surface area (Å²) in [5.41, 5.74) is 6.60. The number of nitrogens with two attached hydrogens (primary N) is 1. The van der Waals surface area contributed by atoms with E-state index in [1.165, 1.54) is 0 Å². The van der Waals surface area contributed by atoms with Gasteiger partial charge >= 0.3 is 0 Å². The fourth-order valence-electron chi connectivity index (χ4n) is 2.09. The zero-order valence-electron chi connectivity index (χ0n) is 10.5. The molecule has 1 aliphatic heterocycles. The van der Waals surface area contributed by atoms with Gasteiger partial charge in [0, 0.05) is 25.0 Å². The SMILES string of the molecule is NCC1CN(Cc2noc(-c3ccsc3)n2)CCO1. The first kappa shape index (κ1) is 12.7. The quantitative estimate of drug-likeness (QED) is 0.898. The van der Waals surface area contributed by atoms with Crippen molar-refractivity contribution >= 4 is 11.3 Å². The number of ether oxygens (including phenoxy) is 1. The van der Waals surface area contributed by atoms with Crippen LogP contribution in [0.25, 0.3) is 11.5 Å². The Bertz CT molecular complexity index is 514. The molecule has 102 valence electrons. The predicted molar refractivity (Wildman–Crippen MR) is 71.7 cm³/mol. The molecule has 0 radical (unpaired) electrons. The Morgan fingerprint density at radius 2 is 2.47 bits per heavy atom. The topological polar surface area (TPSA) is 77.4 Å². The van der Waals surface area contributed by atoms with E-state index >= 15 is 0 Å². The van der Waals surface area contributed by atoms with Gasteiger partial charge in [-0.05, 0) is 11.4 Å². The third-order valence-corrected chi connectivity index (χ3v) is 3.77. The molecule has 1 atom stereocenters. The molecule has 3 rings (SSSR count). The summed E-state index contributed by atoms with van der Waals surface area (Å²) in [5, 5.41) is 8.01. The van der Waals surface area contributed by atoms with Crippen molar-refractivity contribution in [3.05, 3.63) is 22.7 Å². The molecule has 0 spiro atoms. The van der Waals surface area contributed by atoms with Gasteiger partial charge in [-0.15, -0.1) is 0 Å². The van der Waals surface area contributed by atoms with Gasteiger partial charge in [-0.25, -0.2) is 0 Å². The van der Waals surface area contributed by atoms with Crippen LogP contribution in [-0.2, 0) is 11.3 Å². The molecule has 0 aromatic carbocycles. The fraction of sp³-hybridized carbons (Fsp3) is 0.500. The second-order valence-electron chi connectivity index (χ2n) is 4.49. The molecule has 0 amide bonds. The van der Waals surface area contributed by atoms with Gasteiger partial charge in [0.1, 0.15) is 0 Å². The highest BCUT2D eigenvalue weighted by Crippen LogP contribution is 2.20. The van der Waals surface area contributed by atoms with Crippen LogP contribution in [0.5, 0.6) is 0 Å². The molecule has 7 heteroatoms. The summed E-state index contributed by atoms with van der Waals surface area (Å²) >= 11 is 1.61. The molecule has 0 bridgehead atoms. The summed E-state index contributed by atoms with van der Waals surface area (Å²) < 4.78 is 10.8. The summed E-state index contributed by atoms with van der Waals surface area (Å²) in [5.74, 6) is 1.29. The molecule has 2 aromatic rings. The van der Waals surface area contributed by atoms with Crippen molar-refractivity contribution < 1.29 is 9.26 Å². The molecule has 19 heavy (non-hydrogen) atoms. The van der Waals surface area contributed by atoms with Gasteiger partial charge in [-0.1, -0.05) is 5.16 Å². The maximum absolute atomic E-state index is 5.63. The van der Waals surface area contributed by atoms with Crippen molar-refractivity contribution in [1.29, 1.82) is 0 Å². The second-order valence-corrected chi connectivity index (χ2v) is 5.27. The number of hydrogen-bond donors (Lipinski definition) is 1. The number of morpholine rings is 1. The van der Waals surface area contributed by atoms with Crippen LogP contribution in [-0.4, -0.2) is 47.4 Å². The summed E-state index contributed by atoms with van der Waals surface area (Å²) in [6.45, 7) is 3.62. The summed E-state index contributed by atoms with van der Waals surface area (Å²) in [4.78, 5) is 6.65. The highest BCUT2D eigenvalue weighted by molar-refractivity contribution is 7.08. The smallest absolute Gasteiger partial charge is 0.258 e. The Labute approximate surface area is 115 Å². The van der Waals surface area contributed by atoms with Gasteiger partial charge in [-0.3, -0.25) is 4.90 Å². The van der Waals surface area contributed by atoms with E-state index in [4.69, 9.17) is 15.0 Å². The number of thiophene rings is 1. The Morgan fingerprint density at radius 1 is 1.53 bits per heavy atom. The lowest BCUT2D eigenvalue weighted by atomic mass is 10.2. The van der Waals surface area contributed by atoms with E-state index in [-0.39, 0.29) is 6.10 Å². The van der Waals surface area contributed by atoms with E-state index in [2.05, 4.69) is 15.0 Å². The molecule has 1 fully saturated rings. The van der Waals surface area contributed by atoms with Gasteiger partial charge in [0.15, 0.2) is 5.82 Å². The Kier molecular flexibility index (Phi) is 3.88. The highest BCUT2D eigenvalue weighted by Gasteiger charge is 2.21.